The van der Waals surface area contributed by atoms with Crippen LogP contribution in [0.2, 0.25) is 5.02 Å². The van der Waals surface area contributed by atoms with E-state index in [1.165, 1.54) is 11.8 Å². The lowest BCUT2D eigenvalue weighted by atomic mass is 10.2. The maximum Gasteiger partial charge on any atom is 0.234 e. The van der Waals surface area contributed by atoms with Crippen LogP contribution in [0.25, 0.3) is 11.6 Å². The lowest BCUT2D eigenvalue weighted by Crippen LogP contribution is -2.15. The number of thioether (sulfide) groups is 1. The summed E-state index contributed by atoms with van der Waals surface area (Å²) in [6, 6.07) is 16.9. The molecule has 0 unspecified atom stereocenters. The third kappa shape index (κ3) is 4.30. The van der Waals surface area contributed by atoms with Crippen molar-refractivity contribution in [3.63, 3.8) is 0 Å². The minimum absolute atomic E-state index is 0.121. The molecule has 0 bridgehead atoms. The Labute approximate surface area is 192 Å². The first kappa shape index (κ1) is 20.5. The fourth-order valence-electron chi connectivity index (χ4n) is 3.22. The van der Waals surface area contributed by atoms with E-state index in [0.29, 0.717) is 45.5 Å². The predicted molar refractivity (Wildman–Crippen MR) is 120 cm³/mol. The number of carbonyl (C=O) groups is 1. The van der Waals surface area contributed by atoms with Gasteiger partial charge in [-0.1, -0.05) is 53.7 Å². The molecule has 10 heteroatoms. The molecule has 0 atom stereocenters. The molecule has 5 rings (SSSR count). The van der Waals surface area contributed by atoms with Crippen LogP contribution >= 0.6 is 23.4 Å². The van der Waals surface area contributed by atoms with Crippen LogP contribution < -0.4 is 14.8 Å². The third-order valence-corrected chi connectivity index (χ3v) is 5.99. The number of hydrogen-bond acceptors (Lipinski definition) is 7. The van der Waals surface area contributed by atoms with Crippen LogP contribution in [0.5, 0.6) is 11.5 Å². The van der Waals surface area contributed by atoms with Crippen LogP contribution in [0.1, 0.15) is 5.56 Å². The maximum atomic E-state index is 12.6. The van der Waals surface area contributed by atoms with Crippen LogP contribution in [0.4, 0.5) is 5.69 Å². The van der Waals surface area contributed by atoms with E-state index in [-0.39, 0.29) is 18.5 Å². The Balaban J connectivity index is 1.32. The molecule has 32 heavy (non-hydrogen) atoms. The van der Waals surface area contributed by atoms with E-state index < -0.39 is 0 Å². The summed E-state index contributed by atoms with van der Waals surface area (Å²) in [6.07, 6.45) is 1.59. The van der Waals surface area contributed by atoms with E-state index in [0.717, 1.165) is 5.56 Å². The first-order valence-corrected chi connectivity index (χ1v) is 11.1. The topological polar surface area (TPSA) is 91.4 Å². The SMILES string of the molecule is O=C(CSc1nnc(-c2ccco2)n1Cc1ccccc1)Nc1cc2c(cc1Cl)OCO2. The van der Waals surface area contributed by atoms with Crippen molar-refractivity contribution in [2.75, 3.05) is 17.9 Å². The third-order valence-electron chi connectivity index (χ3n) is 4.71. The molecule has 0 saturated carbocycles. The molecular weight excluding hydrogens is 452 g/mol. The Morgan fingerprint density at radius 1 is 1.09 bits per heavy atom. The summed E-state index contributed by atoms with van der Waals surface area (Å²) in [5.74, 6) is 2.20. The molecule has 2 aromatic heterocycles. The van der Waals surface area contributed by atoms with Gasteiger partial charge in [0.1, 0.15) is 0 Å². The zero-order valence-corrected chi connectivity index (χ0v) is 18.2. The quantitative estimate of drug-likeness (QED) is 0.393. The Morgan fingerprint density at radius 2 is 1.91 bits per heavy atom. The molecule has 1 amide bonds. The molecular formula is C22H17ClN4O4S. The summed E-state index contributed by atoms with van der Waals surface area (Å²) in [5.41, 5.74) is 1.54. The number of nitrogens with one attached hydrogen (secondary N) is 1. The van der Waals surface area contributed by atoms with Gasteiger partial charge in [-0.15, -0.1) is 10.2 Å². The van der Waals surface area contributed by atoms with E-state index in [1.54, 1.807) is 24.5 Å². The van der Waals surface area contributed by atoms with Gasteiger partial charge in [0.05, 0.1) is 29.3 Å². The van der Waals surface area contributed by atoms with Crippen molar-refractivity contribution in [1.29, 1.82) is 0 Å². The molecule has 0 fully saturated rings. The summed E-state index contributed by atoms with van der Waals surface area (Å²) in [7, 11) is 0. The van der Waals surface area contributed by atoms with Gasteiger partial charge < -0.3 is 19.2 Å². The zero-order chi connectivity index (χ0) is 21.9. The average Bonchev–Trinajstić information content (AvgIpc) is 3.54. The van der Waals surface area contributed by atoms with Gasteiger partial charge in [-0.2, -0.15) is 0 Å². The van der Waals surface area contributed by atoms with Gasteiger partial charge in [0.15, 0.2) is 22.4 Å². The number of rotatable bonds is 7. The number of carbonyl (C=O) groups excluding carboxylic acids is 1. The largest absolute Gasteiger partial charge is 0.461 e. The van der Waals surface area contributed by atoms with E-state index in [2.05, 4.69) is 15.5 Å². The van der Waals surface area contributed by atoms with Gasteiger partial charge in [0.2, 0.25) is 18.5 Å². The van der Waals surface area contributed by atoms with Gasteiger partial charge in [-0.05, 0) is 17.7 Å². The number of nitrogens with zero attached hydrogens (tertiary/aromatic N) is 3. The van der Waals surface area contributed by atoms with E-state index in [9.17, 15) is 4.79 Å². The van der Waals surface area contributed by atoms with Crippen LogP contribution in [0.15, 0.2) is 70.4 Å². The smallest absolute Gasteiger partial charge is 0.234 e. The van der Waals surface area contributed by atoms with Crippen LogP contribution in [0, 0.1) is 0 Å². The summed E-state index contributed by atoms with van der Waals surface area (Å²) < 4.78 is 18.1. The highest BCUT2D eigenvalue weighted by atomic mass is 35.5. The number of aromatic nitrogens is 3. The highest BCUT2D eigenvalue weighted by Crippen LogP contribution is 2.39. The Kier molecular flexibility index (Phi) is 5.74. The first-order chi connectivity index (χ1) is 15.7. The van der Waals surface area contributed by atoms with Crippen LogP contribution in [-0.4, -0.2) is 33.2 Å². The summed E-state index contributed by atoms with van der Waals surface area (Å²) in [5, 5.41) is 12.4. The van der Waals surface area contributed by atoms with Gasteiger partial charge in [0, 0.05) is 12.1 Å². The minimum atomic E-state index is -0.232. The summed E-state index contributed by atoms with van der Waals surface area (Å²) >= 11 is 7.53. The first-order valence-electron chi connectivity index (χ1n) is 9.70. The minimum Gasteiger partial charge on any atom is -0.461 e. The molecule has 1 N–H and O–H groups in total. The number of ether oxygens (including phenoxy) is 2. The van der Waals surface area contributed by atoms with Crippen molar-refractivity contribution in [3.8, 4) is 23.1 Å². The standard InChI is InChI=1S/C22H17ClN4O4S/c23-15-9-18-19(31-13-30-18)10-16(15)24-20(28)12-32-22-26-25-21(17-7-4-8-29-17)27(22)11-14-5-2-1-3-6-14/h1-10H,11-13H2,(H,24,28). The van der Waals surface area contributed by atoms with E-state index in [4.69, 9.17) is 25.5 Å². The molecule has 2 aromatic carbocycles. The molecule has 4 aromatic rings. The molecule has 8 nitrogen and oxygen atoms in total. The highest BCUT2D eigenvalue weighted by Gasteiger charge is 2.20. The number of halogens is 1. The molecule has 0 saturated heterocycles. The number of fused-ring (bicyclic) bond motifs is 1. The van der Waals surface area contributed by atoms with Crippen molar-refractivity contribution < 1.29 is 18.7 Å². The maximum absolute atomic E-state index is 12.6. The number of benzene rings is 2. The van der Waals surface area contributed by atoms with Crippen molar-refractivity contribution >= 4 is 35.0 Å². The lowest BCUT2D eigenvalue weighted by Gasteiger charge is -2.10. The number of amides is 1. The second-order valence-electron chi connectivity index (χ2n) is 6.88. The Morgan fingerprint density at radius 3 is 2.69 bits per heavy atom. The molecule has 1 aliphatic rings. The number of furan rings is 1. The molecule has 162 valence electrons. The number of hydrogen-bond donors (Lipinski definition) is 1. The fourth-order valence-corrected chi connectivity index (χ4v) is 4.16. The van der Waals surface area contributed by atoms with Crippen molar-refractivity contribution in [2.45, 2.75) is 11.7 Å². The molecule has 0 radical (unpaired) electrons. The normalized spacial score (nSPS) is 12.2. The monoisotopic (exact) mass is 468 g/mol. The van der Waals surface area contributed by atoms with E-state index >= 15 is 0 Å². The fraction of sp³-hybridized carbons (Fsp3) is 0.136. The second-order valence-corrected chi connectivity index (χ2v) is 8.23. The zero-order valence-electron chi connectivity index (χ0n) is 16.7. The van der Waals surface area contributed by atoms with Gasteiger partial charge in [-0.25, -0.2) is 0 Å². The van der Waals surface area contributed by atoms with Crippen LogP contribution in [-0.2, 0) is 11.3 Å². The van der Waals surface area contributed by atoms with Gasteiger partial charge in [0.25, 0.3) is 0 Å². The molecule has 0 aliphatic carbocycles. The van der Waals surface area contributed by atoms with Crippen molar-refractivity contribution in [3.05, 3.63) is 71.4 Å². The predicted octanol–water partition coefficient (Wildman–Crippen LogP) is 4.70. The molecule has 1 aliphatic heterocycles. The van der Waals surface area contributed by atoms with Gasteiger partial charge in [-0.3, -0.25) is 9.36 Å². The Bertz CT molecular complexity index is 1240. The summed E-state index contributed by atoms with van der Waals surface area (Å²) in [4.78, 5) is 12.6. The highest BCUT2D eigenvalue weighted by molar-refractivity contribution is 7.99. The summed E-state index contributed by atoms with van der Waals surface area (Å²) in [6.45, 7) is 0.676. The average molecular weight is 469 g/mol. The van der Waals surface area contributed by atoms with Crippen molar-refractivity contribution in [2.24, 2.45) is 0 Å². The van der Waals surface area contributed by atoms with E-state index in [1.807, 2.05) is 41.0 Å². The lowest BCUT2D eigenvalue weighted by molar-refractivity contribution is -0.113. The Hall–Kier alpha value is -3.43. The number of anilines is 1. The second kappa shape index (κ2) is 8.97. The molecule has 0 spiro atoms. The molecule has 3 heterocycles. The van der Waals surface area contributed by atoms with Gasteiger partial charge >= 0.3 is 0 Å². The van der Waals surface area contributed by atoms with Crippen LogP contribution in [0.3, 0.4) is 0 Å². The van der Waals surface area contributed by atoms with Crippen molar-refractivity contribution in [1.82, 2.24) is 14.8 Å².